The summed E-state index contributed by atoms with van der Waals surface area (Å²) in [6.07, 6.45) is 4.67. The van der Waals surface area contributed by atoms with Gasteiger partial charge < -0.3 is 4.90 Å². The minimum atomic E-state index is 0.492. The SMILES string of the molecule is CCCCCN(c1csc(C=O)c1)C(C)C. The topological polar surface area (TPSA) is 20.3 Å². The second-order valence-electron chi connectivity index (χ2n) is 4.32. The summed E-state index contributed by atoms with van der Waals surface area (Å²) in [5.41, 5.74) is 1.19. The van der Waals surface area contributed by atoms with Crippen LogP contribution in [0.3, 0.4) is 0 Å². The molecule has 0 N–H and O–H groups in total. The van der Waals surface area contributed by atoms with Crippen LogP contribution in [-0.2, 0) is 0 Å². The molecule has 90 valence electrons. The third-order valence-electron chi connectivity index (χ3n) is 2.68. The van der Waals surface area contributed by atoms with Crippen LogP contribution in [0, 0.1) is 0 Å². The van der Waals surface area contributed by atoms with Crippen LogP contribution in [-0.4, -0.2) is 18.9 Å². The average Bonchev–Trinajstić information content (AvgIpc) is 2.72. The molecule has 0 aliphatic carbocycles. The monoisotopic (exact) mass is 239 g/mol. The van der Waals surface area contributed by atoms with Gasteiger partial charge in [-0.3, -0.25) is 4.79 Å². The zero-order chi connectivity index (χ0) is 12.0. The van der Waals surface area contributed by atoms with Crippen molar-refractivity contribution in [2.75, 3.05) is 11.4 Å². The Morgan fingerprint density at radius 1 is 1.44 bits per heavy atom. The van der Waals surface area contributed by atoms with Gasteiger partial charge in [0.25, 0.3) is 0 Å². The molecule has 0 aliphatic heterocycles. The molecule has 3 heteroatoms. The summed E-state index contributed by atoms with van der Waals surface area (Å²) in [6, 6.07) is 2.48. The van der Waals surface area contributed by atoms with Crippen LogP contribution in [0.4, 0.5) is 5.69 Å². The molecule has 0 amide bonds. The van der Waals surface area contributed by atoms with E-state index in [1.54, 1.807) is 0 Å². The molecule has 0 bridgehead atoms. The Morgan fingerprint density at radius 2 is 2.19 bits per heavy atom. The maximum atomic E-state index is 10.7. The lowest BCUT2D eigenvalue weighted by Gasteiger charge is -2.27. The third-order valence-corrected chi connectivity index (χ3v) is 3.53. The molecule has 0 atom stereocenters. The zero-order valence-corrected chi connectivity index (χ0v) is 11.2. The van der Waals surface area contributed by atoms with E-state index in [9.17, 15) is 4.79 Å². The maximum Gasteiger partial charge on any atom is 0.160 e. The van der Waals surface area contributed by atoms with Gasteiger partial charge in [-0.2, -0.15) is 0 Å². The molecule has 1 rings (SSSR count). The fourth-order valence-corrected chi connectivity index (χ4v) is 2.48. The van der Waals surface area contributed by atoms with Crippen LogP contribution >= 0.6 is 11.3 Å². The smallest absolute Gasteiger partial charge is 0.160 e. The van der Waals surface area contributed by atoms with E-state index in [0.717, 1.165) is 17.7 Å². The Hall–Kier alpha value is -0.830. The number of rotatable bonds is 7. The van der Waals surface area contributed by atoms with Gasteiger partial charge in [0.1, 0.15) is 0 Å². The van der Waals surface area contributed by atoms with Crippen molar-refractivity contribution in [3.8, 4) is 0 Å². The van der Waals surface area contributed by atoms with Crippen molar-refractivity contribution in [2.24, 2.45) is 0 Å². The molecule has 0 aliphatic rings. The molecule has 2 nitrogen and oxygen atoms in total. The minimum absolute atomic E-state index is 0.492. The molecule has 0 spiro atoms. The summed E-state index contributed by atoms with van der Waals surface area (Å²) >= 11 is 1.52. The van der Waals surface area contributed by atoms with Crippen molar-refractivity contribution >= 4 is 23.3 Å². The van der Waals surface area contributed by atoms with Gasteiger partial charge in [-0.15, -0.1) is 11.3 Å². The Bertz CT molecular complexity index is 319. The van der Waals surface area contributed by atoms with E-state index in [1.807, 2.05) is 6.07 Å². The fourth-order valence-electron chi connectivity index (χ4n) is 1.77. The first kappa shape index (κ1) is 13.2. The van der Waals surface area contributed by atoms with E-state index >= 15 is 0 Å². The molecule has 1 heterocycles. The number of carbonyl (C=O) groups is 1. The molecular weight excluding hydrogens is 218 g/mol. The second kappa shape index (κ2) is 6.69. The summed E-state index contributed by atoms with van der Waals surface area (Å²) in [5.74, 6) is 0. The Balaban J connectivity index is 2.65. The van der Waals surface area contributed by atoms with Crippen LogP contribution in [0.25, 0.3) is 0 Å². The highest BCUT2D eigenvalue weighted by Gasteiger charge is 2.11. The van der Waals surface area contributed by atoms with Gasteiger partial charge in [0, 0.05) is 23.7 Å². The normalized spacial score (nSPS) is 10.8. The highest BCUT2D eigenvalue weighted by Crippen LogP contribution is 2.24. The molecule has 0 aromatic carbocycles. The Labute approximate surface area is 102 Å². The number of anilines is 1. The summed E-state index contributed by atoms with van der Waals surface area (Å²) in [4.78, 5) is 13.9. The van der Waals surface area contributed by atoms with E-state index in [0.29, 0.717) is 6.04 Å². The first-order valence-corrected chi connectivity index (χ1v) is 6.87. The third kappa shape index (κ3) is 3.63. The van der Waals surface area contributed by atoms with Crippen molar-refractivity contribution in [2.45, 2.75) is 46.1 Å². The number of thiophene rings is 1. The van der Waals surface area contributed by atoms with Crippen LogP contribution < -0.4 is 4.90 Å². The van der Waals surface area contributed by atoms with Crippen molar-refractivity contribution < 1.29 is 4.79 Å². The highest BCUT2D eigenvalue weighted by molar-refractivity contribution is 7.12. The number of nitrogens with zero attached hydrogens (tertiary/aromatic N) is 1. The first-order valence-electron chi connectivity index (χ1n) is 5.99. The van der Waals surface area contributed by atoms with E-state index < -0.39 is 0 Å². The van der Waals surface area contributed by atoms with Crippen molar-refractivity contribution in [3.05, 3.63) is 16.3 Å². The number of hydrogen-bond acceptors (Lipinski definition) is 3. The van der Waals surface area contributed by atoms with Crippen LogP contribution in [0.15, 0.2) is 11.4 Å². The summed E-state index contributed by atoms with van der Waals surface area (Å²) in [6.45, 7) is 7.70. The lowest BCUT2D eigenvalue weighted by atomic mass is 10.2. The molecular formula is C13H21NOS. The molecule has 0 saturated carbocycles. The maximum absolute atomic E-state index is 10.7. The summed E-state index contributed by atoms with van der Waals surface area (Å²) in [5, 5.41) is 2.08. The standard InChI is InChI=1S/C13H21NOS/c1-4-5-6-7-14(11(2)3)12-8-13(9-15)16-10-12/h8-11H,4-7H2,1-3H3. The second-order valence-corrected chi connectivity index (χ2v) is 5.26. The number of carbonyl (C=O) groups excluding carboxylic acids is 1. The lowest BCUT2D eigenvalue weighted by Crippen LogP contribution is -2.31. The van der Waals surface area contributed by atoms with Crippen molar-refractivity contribution in [3.63, 3.8) is 0 Å². The van der Waals surface area contributed by atoms with E-state index in [2.05, 4.69) is 31.1 Å². The average molecular weight is 239 g/mol. The van der Waals surface area contributed by atoms with E-state index in [4.69, 9.17) is 0 Å². The van der Waals surface area contributed by atoms with Gasteiger partial charge in [0.2, 0.25) is 0 Å². The predicted octanol–water partition coefficient (Wildman–Crippen LogP) is 3.97. The number of hydrogen-bond donors (Lipinski definition) is 0. The molecule has 1 aromatic heterocycles. The predicted molar refractivity (Wildman–Crippen MR) is 71.7 cm³/mol. The molecule has 0 saturated heterocycles. The quantitative estimate of drug-likeness (QED) is 0.530. The Morgan fingerprint density at radius 3 is 2.69 bits per heavy atom. The van der Waals surface area contributed by atoms with Crippen LogP contribution in [0.2, 0.25) is 0 Å². The van der Waals surface area contributed by atoms with E-state index in [1.165, 1.54) is 36.3 Å². The largest absolute Gasteiger partial charge is 0.368 e. The van der Waals surface area contributed by atoms with Gasteiger partial charge >= 0.3 is 0 Å². The van der Waals surface area contributed by atoms with Crippen molar-refractivity contribution in [1.29, 1.82) is 0 Å². The number of aldehydes is 1. The van der Waals surface area contributed by atoms with Crippen LogP contribution in [0.5, 0.6) is 0 Å². The van der Waals surface area contributed by atoms with Gasteiger partial charge in [0.15, 0.2) is 6.29 Å². The highest BCUT2D eigenvalue weighted by atomic mass is 32.1. The molecule has 1 aromatic rings. The van der Waals surface area contributed by atoms with Gasteiger partial charge in [-0.1, -0.05) is 19.8 Å². The molecule has 0 unspecified atom stereocenters. The van der Waals surface area contributed by atoms with Gasteiger partial charge in [-0.25, -0.2) is 0 Å². The zero-order valence-electron chi connectivity index (χ0n) is 10.4. The van der Waals surface area contributed by atoms with Gasteiger partial charge in [0.05, 0.1) is 4.88 Å². The summed E-state index contributed by atoms with van der Waals surface area (Å²) < 4.78 is 0. The van der Waals surface area contributed by atoms with Gasteiger partial charge in [-0.05, 0) is 26.3 Å². The molecule has 0 fully saturated rings. The molecule has 0 radical (unpaired) electrons. The minimum Gasteiger partial charge on any atom is -0.368 e. The summed E-state index contributed by atoms with van der Waals surface area (Å²) in [7, 11) is 0. The lowest BCUT2D eigenvalue weighted by molar-refractivity contribution is 0.112. The van der Waals surface area contributed by atoms with Crippen LogP contribution in [0.1, 0.15) is 49.7 Å². The van der Waals surface area contributed by atoms with Crippen molar-refractivity contribution in [1.82, 2.24) is 0 Å². The molecule has 16 heavy (non-hydrogen) atoms. The number of unbranched alkanes of at least 4 members (excludes halogenated alkanes) is 2. The first-order chi connectivity index (χ1) is 7.69. The Kier molecular flexibility index (Phi) is 5.53. The fraction of sp³-hybridized carbons (Fsp3) is 0.615. The van der Waals surface area contributed by atoms with E-state index in [-0.39, 0.29) is 0 Å².